The number of nitrogens with one attached hydrogen (secondary N) is 1. The molecule has 2 aromatic carbocycles. The standard InChI is InChI=1S/C26H33FN2O3/c1-19-17-25(31-15-4-13-27)9-10-26(19)29-14-11-22(18-29)12-16-32-24-7-5-23(6-8-24)20(2)28-21(3)30/h5-10,12,17,20H,4,11,13-16,18H2,1-3H3,(H,28,30). The van der Waals surface area contributed by atoms with Gasteiger partial charge in [-0.2, -0.15) is 0 Å². The number of halogens is 1. The summed E-state index contributed by atoms with van der Waals surface area (Å²) in [5, 5.41) is 2.88. The molecule has 0 bridgehead atoms. The van der Waals surface area contributed by atoms with Crippen molar-refractivity contribution in [1.29, 1.82) is 0 Å². The molecule has 1 N–H and O–H groups in total. The molecule has 1 fully saturated rings. The van der Waals surface area contributed by atoms with Crippen LogP contribution in [0.5, 0.6) is 11.5 Å². The van der Waals surface area contributed by atoms with Crippen LogP contribution in [0.2, 0.25) is 0 Å². The van der Waals surface area contributed by atoms with Crippen molar-refractivity contribution in [3.63, 3.8) is 0 Å². The number of amides is 1. The molecule has 0 aromatic heterocycles. The lowest BCUT2D eigenvalue weighted by molar-refractivity contribution is -0.119. The molecule has 1 atom stereocenters. The highest BCUT2D eigenvalue weighted by Crippen LogP contribution is 2.29. The number of carbonyl (C=O) groups is 1. The minimum atomic E-state index is -0.354. The smallest absolute Gasteiger partial charge is 0.217 e. The Labute approximate surface area is 190 Å². The van der Waals surface area contributed by atoms with Crippen LogP contribution in [0.4, 0.5) is 10.1 Å². The first-order valence-electron chi connectivity index (χ1n) is 11.2. The minimum Gasteiger partial charge on any atom is -0.493 e. The second-order valence-corrected chi connectivity index (χ2v) is 8.18. The molecule has 1 aliphatic heterocycles. The summed E-state index contributed by atoms with van der Waals surface area (Å²) < 4.78 is 23.7. The quantitative estimate of drug-likeness (QED) is 0.410. The van der Waals surface area contributed by atoms with E-state index in [0.29, 0.717) is 19.6 Å². The van der Waals surface area contributed by atoms with Crippen LogP contribution in [0.15, 0.2) is 54.1 Å². The Hall–Kier alpha value is -3.02. The van der Waals surface area contributed by atoms with Gasteiger partial charge in [0, 0.05) is 32.1 Å². The number of benzene rings is 2. The summed E-state index contributed by atoms with van der Waals surface area (Å²) >= 11 is 0. The number of ether oxygens (including phenoxy) is 2. The minimum absolute atomic E-state index is 0.0210. The molecule has 32 heavy (non-hydrogen) atoms. The molecule has 1 aliphatic rings. The number of alkyl halides is 1. The molecule has 0 saturated carbocycles. The highest BCUT2D eigenvalue weighted by molar-refractivity contribution is 5.73. The molecule has 1 amide bonds. The Morgan fingerprint density at radius 1 is 1.19 bits per heavy atom. The van der Waals surface area contributed by atoms with Crippen molar-refractivity contribution in [2.45, 2.75) is 39.7 Å². The first kappa shape index (κ1) is 23.6. The maximum Gasteiger partial charge on any atom is 0.217 e. The summed E-state index contributed by atoms with van der Waals surface area (Å²) in [5.74, 6) is 1.57. The van der Waals surface area contributed by atoms with Crippen LogP contribution in [0, 0.1) is 6.92 Å². The summed E-state index contributed by atoms with van der Waals surface area (Å²) in [4.78, 5) is 13.6. The number of aryl methyl sites for hydroxylation is 1. The predicted molar refractivity (Wildman–Crippen MR) is 126 cm³/mol. The fourth-order valence-corrected chi connectivity index (χ4v) is 3.87. The topological polar surface area (TPSA) is 50.8 Å². The van der Waals surface area contributed by atoms with E-state index in [9.17, 15) is 9.18 Å². The van der Waals surface area contributed by atoms with E-state index in [0.717, 1.165) is 42.1 Å². The molecular formula is C26H33FN2O3. The van der Waals surface area contributed by atoms with Crippen LogP contribution in [-0.2, 0) is 4.79 Å². The van der Waals surface area contributed by atoms with Crippen molar-refractivity contribution in [2.24, 2.45) is 0 Å². The zero-order valence-corrected chi connectivity index (χ0v) is 19.2. The fraction of sp³-hybridized carbons (Fsp3) is 0.423. The number of rotatable bonds is 10. The molecule has 1 unspecified atom stereocenters. The summed E-state index contributed by atoms with van der Waals surface area (Å²) in [6.45, 7) is 8.01. The van der Waals surface area contributed by atoms with Crippen LogP contribution in [0.25, 0.3) is 0 Å². The predicted octanol–water partition coefficient (Wildman–Crippen LogP) is 5.15. The maximum atomic E-state index is 12.2. The largest absolute Gasteiger partial charge is 0.493 e. The average molecular weight is 441 g/mol. The molecule has 1 heterocycles. The van der Waals surface area contributed by atoms with Crippen molar-refractivity contribution in [3.8, 4) is 11.5 Å². The molecule has 172 valence electrons. The van der Waals surface area contributed by atoms with Gasteiger partial charge in [0.1, 0.15) is 18.1 Å². The number of hydrogen-bond donors (Lipinski definition) is 1. The van der Waals surface area contributed by atoms with Crippen molar-refractivity contribution >= 4 is 11.6 Å². The Balaban J connectivity index is 1.49. The van der Waals surface area contributed by atoms with Gasteiger partial charge in [-0.1, -0.05) is 12.1 Å². The van der Waals surface area contributed by atoms with Crippen molar-refractivity contribution in [1.82, 2.24) is 5.32 Å². The summed E-state index contributed by atoms with van der Waals surface area (Å²) in [6, 6.07) is 13.9. The lowest BCUT2D eigenvalue weighted by Gasteiger charge is -2.20. The maximum absolute atomic E-state index is 12.2. The third-order valence-electron chi connectivity index (χ3n) is 5.57. The van der Waals surface area contributed by atoms with E-state index >= 15 is 0 Å². The van der Waals surface area contributed by atoms with E-state index in [4.69, 9.17) is 9.47 Å². The molecule has 3 rings (SSSR count). The molecule has 2 aromatic rings. The van der Waals surface area contributed by atoms with E-state index in [1.54, 1.807) is 0 Å². The Kier molecular flexibility index (Phi) is 8.54. The van der Waals surface area contributed by atoms with Gasteiger partial charge < -0.3 is 19.7 Å². The van der Waals surface area contributed by atoms with E-state index in [1.165, 1.54) is 18.2 Å². The first-order valence-corrected chi connectivity index (χ1v) is 11.2. The van der Waals surface area contributed by atoms with Crippen LogP contribution < -0.4 is 19.7 Å². The van der Waals surface area contributed by atoms with Crippen molar-refractivity contribution in [2.75, 3.05) is 37.9 Å². The molecule has 0 radical (unpaired) electrons. The zero-order valence-electron chi connectivity index (χ0n) is 19.2. The van der Waals surface area contributed by atoms with Crippen LogP contribution >= 0.6 is 0 Å². The second-order valence-electron chi connectivity index (χ2n) is 8.18. The molecular weight excluding hydrogens is 407 g/mol. The van der Waals surface area contributed by atoms with E-state index in [1.807, 2.05) is 43.3 Å². The van der Waals surface area contributed by atoms with Gasteiger partial charge >= 0.3 is 0 Å². The third kappa shape index (κ3) is 6.74. The van der Waals surface area contributed by atoms with E-state index in [-0.39, 0.29) is 18.6 Å². The van der Waals surface area contributed by atoms with Gasteiger partial charge in [-0.05, 0) is 73.4 Å². The normalized spacial score (nSPS) is 15.6. The first-order chi connectivity index (χ1) is 15.5. The van der Waals surface area contributed by atoms with Gasteiger partial charge in [-0.15, -0.1) is 0 Å². The van der Waals surface area contributed by atoms with Crippen LogP contribution in [-0.4, -0.2) is 38.9 Å². The molecule has 0 aliphatic carbocycles. The lowest BCUT2D eigenvalue weighted by Crippen LogP contribution is -2.23. The Morgan fingerprint density at radius 2 is 1.94 bits per heavy atom. The molecule has 5 nitrogen and oxygen atoms in total. The second kappa shape index (κ2) is 11.6. The average Bonchev–Trinajstić information content (AvgIpc) is 3.22. The number of hydrogen-bond acceptors (Lipinski definition) is 4. The highest BCUT2D eigenvalue weighted by atomic mass is 19.1. The molecule has 0 spiro atoms. The number of carbonyl (C=O) groups excluding carboxylic acids is 1. The van der Waals surface area contributed by atoms with Gasteiger partial charge in [-0.25, -0.2) is 0 Å². The van der Waals surface area contributed by atoms with Gasteiger partial charge in [0.05, 0.1) is 19.3 Å². The SMILES string of the molecule is CC(=O)NC(C)c1ccc(OCC=C2CCN(c3ccc(OCCCF)cc3C)C2)cc1. The number of nitrogens with zero attached hydrogens (tertiary/aromatic N) is 1. The highest BCUT2D eigenvalue weighted by Gasteiger charge is 2.18. The van der Waals surface area contributed by atoms with Crippen LogP contribution in [0.1, 0.15) is 43.9 Å². The molecule has 1 saturated heterocycles. The van der Waals surface area contributed by atoms with Gasteiger partial charge in [-0.3, -0.25) is 9.18 Å². The lowest BCUT2D eigenvalue weighted by atomic mass is 10.1. The van der Waals surface area contributed by atoms with Gasteiger partial charge in [0.25, 0.3) is 0 Å². The van der Waals surface area contributed by atoms with E-state index < -0.39 is 0 Å². The van der Waals surface area contributed by atoms with Gasteiger partial charge in [0.2, 0.25) is 5.91 Å². The van der Waals surface area contributed by atoms with Crippen molar-refractivity contribution in [3.05, 3.63) is 65.2 Å². The Morgan fingerprint density at radius 3 is 2.62 bits per heavy atom. The zero-order chi connectivity index (χ0) is 22.9. The van der Waals surface area contributed by atoms with Crippen LogP contribution in [0.3, 0.4) is 0 Å². The monoisotopic (exact) mass is 440 g/mol. The third-order valence-corrected chi connectivity index (χ3v) is 5.57. The fourth-order valence-electron chi connectivity index (χ4n) is 3.87. The number of anilines is 1. The summed E-state index contributed by atoms with van der Waals surface area (Å²) in [6.07, 6.45) is 3.60. The Bertz CT molecular complexity index is 927. The molecule has 6 heteroatoms. The van der Waals surface area contributed by atoms with Gasteiger partial charge in [0.15, 0.2) is 0 Å². The summed E-state index contributed by atoms with van der Waals surface area (Å²) in [7, 11) is 0. The van der Waals surface area contributed by atoms with Crippen molar-refractivity contribution < 1.29 is 18.7 Å². The van der Waals surface area contributed by atoms with E-state index in [2.05, 4.69) is 29.3 Å². The summed E-state index contributed by atoms with van der Waals surface area (Å²) in [5.41, 5.74) is 4.78.